The number of carbonyl (C=O) groups excluding carboxylic acids is 2. The summed E-state index contributed by atoms with van der Waals surface area (Å²) in [5.41, 5.74) is 3.18. The molecule has 0 bridgehead atoms. The van der Waals surface area contributed by atoms with Crippen LogP contribution in [0.15, 0.2) is 77.7 Å². The van der Waals surface area contributed by atoms with Crippen molar-refractivity contribution < 1.29 is 9.59 Å². The quantitative estimate of drug-likeness (QED) is 0.389. The minimum Gasteiger partial charge on any atom is -0.322 e. The number of aromatic nitrogens is 1. The van der Waals surface area contributed by atoms with E-state index < -0.39 is 0 Å². The normalized spacial score (nSPS) is 10.7. The van der Waals surface area contributed by atoms with E-state index in [1.807, 2.05) is 73.7 Å². The summed E-state index contributed by atoms with van der Waals surface area (Å²) in [5, 5.41) is 6.36. The first-order chi connectivity index (χ1) is 14.6. The monoisotopic (exact) mass is 433 g/mol. The Morgan fingerprint density at radius 2 is 1.67 bits per heavy atom. The summed E-state index contributed by atoms with van der Waals surface area (Å²) in [6.07, 6.45) is 0. The van der Waals surface area contributed by atoms with Gasteiger partial charge in [0.1, 0.15) is 0 Å². The Hall–Kier alpha value is -3.16. The van der Waals surface area contributed by atoms with Gasteiger partial charge in [0, 0.05) is 16.1 Å². The summed E-state index contributed by atoms with van der Waals surface area (Å²) in [7, 11) is 0. The molecule has 4 aromatic rings. The predicted molar refractivity (Wildman–Crippen MR) is 125 cm³/mol. The topological polar surface area (TPSA) is 71.1 Å². The van der Waals surface area contributed by atoms with E-state index in [9.17, 15) is 9.59 Å². The molecule has 0 saturated heterocycles. The van der Waals surface area contributed by atoms with E-state index >= 15 is 0 Å². The van der Waals surface area contributed by atoms with E-state index in [1.165, 1.54) is 23.1 Å². The summed E-state index contributed by atoms with van der Waals surface area (Å²) in [4.78, 5) is 30.0. The van der Waals surface area contributed by atoms with E-state index in [2.05, 4.69) is 15.6 Å². The van der Waals surface area contributed by atoms with E-state index in [4.69, 9.17) is 0 Å². The fourth-order valence-corrected chi connectivity index (χ4v) is 4.47. The van der Waals surface area contributed by atoms with Crippen LogP contribution in [-0.4, -0.2) is 22.6 Å². The number of aryl methyl sites for hydroxylation is 1. The van der Waals surface area contributed by atoms with Crippen LogP contribution in [0.5, 0.6) is 0 Å². The van der Waals surface area contributed by atoms with Gasteiger partial charge in [-0.25, -0.2) is 4.98 Å². The highest BCUT2D eigenvalue weighted by atomic mass is 32.2. The van der Waals surface area contributed by atoms with Gasteiger partial charge in [-0.2, -0.15) is 0 Å². The molecule has 4 rings (SSSR count). The smallest absolute Gasteiger partial charge is 0.255 e. The van der Waals surface area contributed by atoms with Crippen molar-refractivity contribution in [3.63, 3.8) is 0 Å². The van der Waals surface area contributed by atoms with Gasteiger partial charge in [0.25, 0.3) is 5.91 Å². The van der Waals surface area contributed by atoms with E-state index in [0.717, 1.165) is 20.7 Å². The number of anilines is 2. The molecule has 0 aliphatic heterocycles. The van der Waals surface area contributed by atoms with Crippen LogP contribution < -0.4 is 10.6 Å². The molecule has 0 atom stereocenters. The van der Waals surface area contributed by atoms with Crippen molar-refractivity contribution in [2.24, 2.45) is 0 Å². The lowest BCUT2D eigenvalue weighted by Crippen LogP contribution is -2.14. The molecule has 1 heterocycles. The van der Waals surface area contributed by atoms with Crippen molar-refractivity contribution in [2.75, 3.05) is 16.4 Å². The third-order valence-electron chi connectivity index (χ3n) is 4.41. The molecule has 7 heteroatoms. The van der Waals surface area contributed by atoms with Gasteiger partial charge in [0.05, 0.1) is 16.0 Å². The Morgan fingerprint density at radius 1 is 0.933 bits per heavy atom. The predicted octanol–water partition coefficient (Wildman–Crippen LogP) is 5.59. The van der Waals surface area contributed by atoms with Crippen molar-refractivity contribution in [3.05, 3.63) is 83.9 Å². The second-order valence-corrected chi connectivity index (χ2v) is 8.70. The molecule has 0 aliphatic carbocycles. The molecule has 1 aromatic heterocycles. The number of benzene rings is 3. The number of thiazole rings is 1. The SMILES string of the molecule is Cc1ccccc1C(=O)Nc1ccc(SCC(=O)Nc2nc3ccccc3s2)cc1. The average molecular weight is 434 g/mol. The fraction of sp³-hybridized carbons (Fsp3) is 0.0870. The second kappa shape index (κ2) is 9.11. The molecule has 5 nitrogen and oxygen atoms in total. The number of hydrogen-bond acceptors (Lipinski definition) is 5. The summed E-state index contributed by atoms with van der Waals surface area (Å²) in [6, 6.07) is 22.7. The molecule has 0 saturated carbocycles. The number of amides is 2. The van der Waals surface area contributed by atoms with Gasteiger partial charge in [0.2, 0.25) is 5.91 Å². The molecule has 0 radical (unpaired) electrons. The van der Waals surface area contributed by atoms with E-state index in [-0.39, 0.29) is 17.6 Å². The van der Waals surface area contributed by atoms with Gasteiger partial charge in [-0.3, -0.25) is 9.59 Å². The maximum atomic E-state index is 12.4. The minimum absolute atomic E-state index is 0.101. The minimum atomic E-state index is -0.135. The largest absolute Gasteiger partial charge is 0.322 e. The lowest BCUT2D eigenvalue weighted by molar-refractivity contribution is -0.113. The molecule has 0 fully saturated rings. The van der Waals surface area contributed by atoms with Crippen molar-refractivity contribution >= 4 is 55.9 Å². The van der Waals surface area contributed by atoms with Gasteiger partial charge in [0.15, 0.2) is 5.13 Å². The molecule has 150 valence electrons. The third kappa shape index (κ3) is 4.87. The molecule has 0 spiro atoms. The fourth-order valence-electron chi connectivity index (χ4n) is 2.89. The Labute approximate surface area is 182 Å². The van der Waals surface area contributed by atoms with Crippen LogP contribution in [0.25, 0.3) is 10.2 Å². The van der Waals surface area contributed by atoms with Crippen LogP contribution in [0.2, 0.25) is 0 Å². The highest BCUT2D eigenvalue weighted by molar-refractivity contribution is 8.00. The zero-order valence-electron chi connectivity index (χ0n) is 16.2. The number of hydrogen-bond donors (Lipinski definition) is 2. The number of nitrogens with one attached hydrogen (secondary N) is 2. The lowest BCUT2D eigenvalue weighted by atomic mass is 10.1. The summed E-state index contributed by atoms with van der Waals surface area (Å²) >= 11 is 2.89. The summed E-state index contributed by atoms with van der Waals surface area (Å²) in [5.74, 6) is 0.0462. The van der Waals surface area contributed by atoms with Crippen LogP contribution in [0, 0.1) is 6.92 Å². The van der Waals surface area contributed by atoms with Crippen LogP contribution in [0.3, 0.4) is 0 Å². The van der Waals surface area contributed by atoms with Crippen LogP contribution >= 0.6 is 23.1 Å². The standard InChI is InChI=1S/C23H19N3O2S2/c1-15-6-2-3-7-18(15)22(28)24-16-10-12-17(13-11-16)29-14-21(27)26-23-25-19-8-4-5-9-20(19)30-23/h2-13H,14H2,1H3,(H,24,28)(H,25,26,27). The molecule has 30 heavy (non-hydrogen) atoms. The Kier molecular flexibility index (Phi) is 6.11. The highest BCUT2D eigenvalue weighted by Gasteiger charge is 2.10. The number of rotatable bonds is 6. The first-order valence-corrected chi connectivity index (χ1v) is 11.1. The maximum absolute atomic E-state index is 12.4. The Bertz CT molecular complexity index is 1170. The number of nitrogens with zero attached hydrogens (tertiary/aromatic N) is 1. The second-order valence-electron chi connectivity index (χ2n) is 6.62. The van der Waals surface area contributed by atoms with Crippen molar-refractivity contribution in [3.8, 4) is 0 Å². The first-order valence-electron chi connectivity index (χ1n) is 9.34. The van der Waals surface area contributed by atoms with E-state index in [0.29, 0.717) is 16.4 Å². The Morgan fingerprint density at radius 3 is 2.43 bits per heavy atom. The van der Waals surface area contributed by atoms with Crippen LogP contribution in [-0.2, 0) is 4.79 Å². The zero-order chi connectivity index (χ0) is 20.9. The van der Waals surface area contributed by atoms with E-state index in [1.54, 1.807) is 6.07 Å². The zero-order valence-corrected chi connectivity index (χ0v) is 17.8. The number of thioether (sulfide) groups is 1. The van der Waals surface area contributed by atoms with Crippen molar-refractivity contribution in [2.45, 2.75) is 11.8 Å². The Balaban J connectivity index is 1.30. The number of carbonyl (C=O) groups is 2. The van der Waals surface area contributed by atoms with Crippen molar-refractivity contribution in [1.29, 1.82) is 0 Å². The van der Waals surface area contributed by atoms with Crippen molar-refractivity contribution in [1.82, 2.24) is 4.98 Å². The molecular weight excluding hydrogens is 414 g/mol. The molecular formula is C23H19N3O2S2. The summed E-state index contributed by atoms with van der Waals surface area (Å²) < 4.78 is 1.05. The molecule has 2 amide bonds. The van der Waals surface area contributed by atoms with Gasteiger partial charge in [-0.15, -0.1) is 11.8 Å². The lowest BCUT2D eigenvalue weighted by Gasteiger charge is -2.08. The van der Waals surface area contributed by atoms with Gasteiger partial charge in [-0.05, 0) is 55.0 Å². The van der Waals surface area contributed by atoms with Crippen LogP contribution in [0.1, 0.15) is 15.9 Å². The van der Waals surface area contributed by atoms with Crippen LogP contribution in [0.4, 0.5) is 10.8 Å². The molecule has 2 N–H and O–H groups in total. The molecule has 0 unspecified atom stereocenters. The van der Waals surface area contributed by atoms with Gasteiger partial charge < -0.3 is 10.6 Å². The maximum Gasteiger partial charge on any atom is 0.255 e. The molecule has 3 aromatic carbocycles. The summed E-state index contributed by atoms with van der Waals surface area (Å²) in [6.45, 7) is 1.91. The average Bonchev–Trinajstić information content (AvgIpc) is 3.15. The van der Waals surface area contributed by atoms with Gasteiger partial charge in [-0.1, -0.05) is 41.7 Å². The first kappa shape index (κ1) is 20.1. The third-order valence-corrected chi connectivity index (χ3v) is 6.38. The highest BCUT2D eigenvalue weighted by Crippen LogP contribution is 2.26. The number of fused-ring (bicyclic) bond motifs is 1. The number of para-hydroxylation sites is 1. The molecule has 0 aliphatic rings. The van der Waals surface area contributed by atoms with Gasteiger partial charge >= 0.3 is 0 Å².